The van der Waals surface area contributed by atoms with Crippen molar-refractivity contribution in [2.75, 3.05) is 10.9 Å². The molecule has 0 bridgehead atoms. The van der Waals surface area contributed by atoms with Gasteiger partial charge in [-0.15, -0.1) is 0 Å². The topological polar surface area (TPSA) is 75.6 Å². The van der Waals surface area contributed by atoms with Gasteiger partial charge in [0.1, 0.15) is 11.6 Å². The van der Waals surface area contributed by atoms with Gasteiger partial charge in [-0.05, 0) is 75.2 Å². The second-order valence-electron chi connectivity index (χ2n) is 6.55. The van der Waals surface area contributed by atoms with Gasteiger partial charge in [-0.1, -0.05) is 0 Å². The minimum Gasteiger partial charge on any atom is -0.283 e. The van der Waals surface area contributed by atoms with Crippen LogP contribution in [0.5, 0.6) is 0 Å². The van der Waals surface area contributed by atoms with Crippen molar-refractivity contribution >= 4 is 33.7 Å². The van der Waals surface area contributed by atoms with Gasteiger partial charge in [0.05, 0.1) is 0 Å². The first kappa shape index (κ1) is 16.2. The van der Waals surface area contributed by atoms with Gasteiger partial charge in [-0.3, -0.25) is 10.9 Å². The molecule has 130 valence electrons. The molecule has 6 heteroatoms. The molecule has 4 rings (SSSR count). The van der Waals surface area contributed by atoms with Crippen LogP contribution in [0.25, 0.3) is 22.1 Å². The SMILES string of the molecule is Cc1cc(C)c2ccc(NNc3ccc4c(C)cc(C)nc4n3)nc2n1. The number of fused-ring (bicyclic) bond motifs is 2. The van der Waals surface area contributed by atoms with Gasteiger partial charge in [0, 0.05) is 22.2 Å². The van der Waals surface area contributed by atoms with Gasteiger partial charge in [0.2, 0.25) is 0 Å². The lowest BCUT2D eigenvalue weighted by atomic mass is 10.1. The Morgan fingerprint density at radius 3 is 1.42 bits per heavy atom. The van der Waals surface area contributed by atoms with E-state index in [1.807, 2.05) is 38.1 Å². The Hall–Kier alpha value is -3.28. The molecule has 0 aliphatic rings. The van der Waals surface area contributed by atoms with Crippen LogP contribution in [-0.4, -0.2) is 19.9 Å². The van der Waals surface area contributed by atoms with Crippen molar-refractivity contribution in [1.29, 1.82) is 0 Å². The minimum atomic E-state index is 0.685. The van der Waals surface area contributed by atoms with Crippen molar-refractivity contribution in [3.63, 3.8) is 0 Å². The van der Waals surface area contributed by atoms with Crippen LogP contribution in [0.2, 0.25) is 0 Å². The lowest BCUT2D eigenvalue weighted by Crippen LogP contribution is -2.11. The largest absolute Gasteiger partial charge is 0.283 e. The smallest absolute Gasteiger partial charge is 0.162 e. The number of hydrazine groups is 1. The van der Waals surface area contributed by atoms with E-state index >= 15 is 0 Å². The van der Waals surface area contributed by atoms with E-state index < -0.39 is 0 Å². The van der Waals surface area contributed by atoms with E-state index in [1.54, 1.807) is 0 Å². The molecule has 0 spiro atoms. The molecule has 0 saturated heterocycles. The number of rotatable bonds is 3. The average Bonchev–Trinajstić information content (AvgIpc) is 2.59. The molecule has 0 aliphatic heterocycles. The molecular formula is C20H20N6. The minimum absolute atomic E-state index is 0.685. The molecule has 0 radical (unpaired) electrons. The third-order valence-corrected chi connectivity index (χ3v) is 4.33. The molecule has 4 aromatic rings. The Balaban J connectivity index is 1.60. The highest BCUT2D eigenvalue weighted by Gasteiger charge is 2.06. The highest BCUT2D eigenvalue weighted by Crippen LogP contribution is 2.20. The van der Waals surface area contributed by atoms with Crippen molar-refractivity contribution in [2.45, 2.75) is 27.7 Å². The van der Waals surface area contributed by atoms with E-state index in [4.69, 9.17) is 0 Å². The first-order valence-electron chi connectivity index (χ1n) is 8.51. The summed E-state index contributed by atoms with van der Waals surface area (Å²) in [5.74, 6) is 1.37. The van der Waals surface area contributed by atoms with E-state index in [9.17, 15) is 0 Å². The predicted octanol–water partition coefficient (Wildman–Crippen LogP) is 4.25. The van der Waals surface area contributed by atoms with Crippen LogP contribution in [0, 0.1) is 27.7 Å². The molecule has 6 nitrogen and oxygen atoms in total. The van der Waals surface area contributed by atoms with Crippen molar-refractivity contribution in [3.8, 4) is 0 Å². The quantitative estimate of drug-likeness (QED) is 0.541. The fraction of sp³-hybridized carbons (Fsp3) is 0.200. The molecule has 0 aliphatic carbocycles. The lowest BCUT2D eigenvalue weighted by Gasteiger charge is -2.11. The van der Waals surface area contributed by atoms with Crippen LogP contribution in [0.15, 0.2) is 36.4 Å². The van der Waals surface area contributed by atoms with Gasteiger partial charge >= 0.3 is 0 Å². The zero-order valence-electron chi connectivity index (χ0n) is 15.3. The molecule has 26 heavy (non-hydrogen) atoms. The summed E-state index contributed by atoms with van der Waals surface area (Å²) in [6.45, 7) is 8.09. The van der Waals surface area contributed by atoms with Gasteiger partial charge < -0.3 is 0 Å². The first-order valence-corrected chi connectivity index (χ1v) is 8.51. The first-order chi connectivity index (χ1) is 12.5. The summed E-state index contributed by atoms with van der Waals surface area (Å²) in [7, 11) is 0. The Morgan fingerprint density at radius 2 is 1.00 bits per heavy atom. The second kappa shape index (κ2) is 6.22. The molecule has 4 heterocycles. The molecule has 0 saturated carbocycles. The van der Waals surface area contributed by atoms with Crippen LogP contribution in [0.3, 0.4) is 0 Å². The summed E-state index contributed by atoms with van der Waals surface area (Å²) in [6, 6.07) is 12.0. The Bertz CT molecular complexity index is 1040. The van der Waals surface area contributed by atoms with Crippen molar-refractivity contribution < 1.29 is 0 Å². The summed E-state index contributed by atoms with van der Waals surface area (Å²) in [6.07, 6.45) is 0. The molecule has 0 unspecified atom stereocenters. The summed E-state index contributed by atoms with van der Waals surface area (Å²) < 4.78 is 0. The number of pyridine rings is 4. The number of nitrogens with one attached hydrogen (secondary N) is 2. The van der Waals surface area contributed by atoms with Crippen LogP contribution in [0.1, 0.15) is 22.5 Å². The zero-order chi connectivity index (χ0) is 18.3. The van der Waals surface area contributed by atoms with E-state index in [0.717, 1.165) is 33.5 Å². The zero-order valence-corrected chi connectivity index (χ0v) is 15.3. The number of anilines is 2. The summed E-state index contributed by atoms with van der Waals surface area (Å²) in [5, 5.41) is 2.11. The molecule has 2 N–H and O–H groups in total. The van der Waals surface area contributed by atoms with Crippen molar-refractivity contribution in [3.05, 3.63) is 58.9 Å². The lowest BCUT2D eigenvalue weighted by molar-refractivity contribution is 1.16. The van der Waals surface area contributed by atoms with E-state index in [2.05, 4.69) is 56.8 Å². The number of hydrogen-bond donors (Lipinski definition) is 2. The fourth-order valence-electron chi connectivity index (χ4n) is 3.13. The van der Waals surface area contributed by atoms with E-state index in [0.29, 0.717) is 11.6 Å². The van der Waals surface area contributed by atoms with Crippen LogP contribution >= 0.6 is 0 Å². The van der Waals surface area contributed by atoms with Crippen LogP contribution < -0.4 is 10.9 Å². The summed E-state index contributed by atoms with van der Waals surface area (Å²) in [5.41, 5.74) is 11.9. The average molecular weight is 344 g/mol. The predicted molar refractivity (Wildman–Crippen MR) is 105 cm³/mol. The molecule has 4 aromatic heterocycles. The third kappa shape index (κ3) is 3.01. The van der Waals surface area contributed by atoms with Gasteiger partial charge in [0.15, 0.2) is 11.3 Å². The fourth-order valence-corrected chi connectivity index (χ4v) is 3.13. The standard InChI is InChI=1S/C20H20N6/c1-11-9-13(3)21-19-15(11)5-7-17(23-19)25-26-18-8-6-16-12(2)10-14(4)22-20(16)24-18/h5-10H,1-4H3,(H,21,23,25)(H,22,24,26). The van der Waals surface area contributed by atoms with Gasteiger partial charge in [-0.25, -0.2) is 19.9 Å². The molecular weight excluding hydrogens is 324 g/mol. The summed E-state index contributed by atoms with van der Waals surface area (Å²) >= 11 is 0. The monoisotopic (exact) mass is 344 g/mol. The summed E-state index contributed by atoms with van der Waals surface area (Å²) in [4.78, 5) is 18.2. The Labute approximate surface area is 151 Å². The van der Waals surface area contributed by atoms with Crippen LogP contribution in [0.4, 0.5) is 11.6 Å². The number of hydrogen-bond acceptors (Lipinski definition) is 6. The van der Waals surface area contributed by atoms with Crippen molar-refractivity contribution in [2.24, 2.45) is 0 Å². The molecule has 0 fully saturated rings. The highest BCUT2D eigenvalue weighted by molar-refractivity contribution is 5.81. The maximum Gasteiger partial charge on any atom is 0.162 e. The second-order valence-corrected chi connectivity index (χ2v) is 6.55. The van der Waals surface area contributed by atoms with Crippen LogP contribution in [-0.2, 0) is 0 Å². The van der Waals surface area contributed by atoms with Gasteiger partial charge in [-0.2, -0.15) is 0 Å². The Morgan fingerprint density at radius 1 is 0.577 bits per heavy atom. The number of nitrogens with zero attached hydrogens (tertiary/aromatic N) is 4. The van der Waals surface area contributed by atoms with Gasteiger partial charge in [0.25, 0.3) is 0 Å². The van der Waals surface area contributed by atoms with E-state index in [-0.39, 0.29) is 0 Å². The normalized spacial score (nSPS) is 11.1. The number of aryl methyl sites for hydroxylation is 4. The highest BCUT2D eigenvalue weighted by atomic mass is 15.4. The number of aromatic nitrogens is 4. The third-order valence-electron chi connectivity index (χ3n) is 4.33. The maximum absolute atomic E-state index is 4.57. The molecule has 0 atom stereocenters. The molecule has 0 aromatic carbocycles. The Kier molecular flexibility index (Phi) is 3.88. The molecule has 0 amide bonds. The van der Waals surface area contributed by atoms with Crippen molar-refractivity contribution in [1.82, 2.24) is 19.9 Å². The van der Waals surface area contributed by atoms with E-state index in [1.165, 1.54) is 11.1 Å². The maximum atomic E-state index is 4.57.